The third-order valence-corrected chi connectivity index (χ3v) is 7.17. The molecule has 0 atom stereocenters. The molecule has 0 fully saturated rings. The minimum Gasteiger partial charge on any atom is -0.367 e. The van der Waals surface area contributed by atoms with Gasteiger partial charge in [0.25, 0.3) is 0 Å². The molecule has 0 saturated carbocycles. The lowest BCUT2D eigenvalue weighted by atomic mass is 10.1. The van der Waals surface area contributed by atoms with E-state index in [9.17, 15) is 8.42 Å². The van der Waals surface area contributed by atoms with Crippen molar-refractivity contribution in [3.8, 4) is 11.3 Å². The molecule has 2 N–H and O–H groups in total. The molecule has 0 bridgehead atoms. The first-order valence-corrected chi connectivity index (χ1v) is 12.6. The summed E-state index contributed by atoms with van der Waals surface area (Å²) in [6.45, 7) is 2.80. The summed E-state index contributed by atoms with van der Waals surface area (Å²) in [5.74, 6) is 0.663. The standard InChI is InChI=1S/C26H25N5O2S/c1-19-7-11-23(12-8-19)34(32,33)29-14-4-13-27-25-26-30-24(18-31(26)16-15-28-25)22-10-9-20-5-2-3-6-21(20)17-22/h2-3,5-12,15-18,29H,4,13-14H2,1H3,(H,27,28). The summed E-state index contributed by atoms with van der Waals surface area (Å²) in [4.78, 5) is 9.51. The number of fused-ring (bicyclic) bond motifs is 2. The Kier molecular flexibility index (Phi) is 6.00. The van der Waals surface area contributed by atoms with Crippen molar-refractivity contribution in [1.29, 1.82) is 0 Å². The first-order chi connectivity index (χ1) is 16.5. The molecule has 7 nitrogen and oxygen atoms in total. The Labute approximate surface area is 198 Å². The Morgan fingerprint density at radius 3 is 2.56 bits per heavy atom. The number of imidazole rings is 1. The van der Waals surface area contributed by atoms with Crippen LogP contribution in [0, 0.1) is 6.92 Å². The largest absolute Gasteiger partial charge is 0.367 e. The molecule has 8 heteroatoms. The van der Waals surface area contributed by atoms with E-state index in [4.69, 9.17) is 4.98 Å². The van der Waals surface area contributed by atoms with Gasteiger partial charge in [0.05, 0.1) is 10.6 Å². The molecule has 0 aliphatic rings. The van der Waals surface area contributed by atoms with E-state index in [2.05, 4.69) is 45.4 Å². The quantitative estimate of drug-likeness (QED) is 0.322. The molecule has 0 spiro atoms. The van der Waals surface area contributed by atoms with E-state index in [0.29, 0.717) is 25.3 Å². The van der Waals surface area contributed by atoms with Gasteiger partial charge in [0.15, 0.2) is 11.5 Å². The van der Waals surface area contributed by atoms with Crippen molar-refractivity contribution < 1.29 is 8.42 Å². The highest BCUT2D eigenvalue weighted by Crippen LogP contribution is 2.25. The van der Waals surface area contributed by atoms with Crippen molar-refractivity contribution in [3.63, 3.8) is 0 Å². The average Bonchev–Trinajstić information content (AvgIpc) is 3.29. The molecule has 34 heavy (non-hydrogen) atoms. The number of rotatable bonds is 8. The number of anilines is 1. The van der Waals surface area contributed by atoms with Crippen LogP contribution in [-0.2, 0) is 10.0 Å². The highest BCUT2D eigenvalue weighted by molar-refractivity contribution is 7.89. The minimum absolute atomic E-state index is 0.274. The van der Waals surface area contributed by atoms with Gasteiger partial charge in [0, 0.05) is 37.2 Å². The number of benzene rings is 3. The second kappa shape index (κ2) is 9.24. The SMILES string of the molecule is Cc1ccc(S(=O)(=O)NCCCNc2nccn3cc(-c4ccc5ccccc5c4)nc23)cc1. The Balaban J connectivity index is 1.24. The number of nitrogens with zero attached hydrogens (tertiary/aromatic N) is 3. The molecule has 0 aliphatic carbocycles. The van der Waals surface area contributed by atoms with Crippen LogP contribution >= 0.6 is 0 Å². The zero-order valence-electron chi connectivity index (χ0n) is 18.8. The Morgan fingerprint density at radius 2 is 1.74 bits per heavy atom. The maximum atomic E-state index is 12.4. The number of sulfonamides is 1. The van der Waals surface area contributed by atoms with E-state index in [-0.39, 0.29) is 4.90 Å². The van der Waals surface area contributed by atoms with E-state index in [1.165, 1.54) is 10.8 Å². The number of aryl methyl sites for hydroxylation is 1. The molecule has 3 aromatic carbocycles. The van der Waals surface area contributed by atoms with E-state index in [0.717, 1.165) is 22.5 Å². The average molecular weight is 472 g/mol. The highest BCUT2D eigenvalue weighted by Gasteiger charge is 2.13. The maximum absolute atomic E-state index is 12.4. The zero-order chi connectivity index (χ0) is 23.5. The summed E-state index contributed by atoms with van der Waals surface area (Å²) in [6, 6.07) is 21.4. The molecule has 5 aromatic rings. The lowest BCUT2D eigenvalue weighted by Gasteiger charge is -2.09. The Bertz CT molecular complexity index is 1560. The van der Waals surface area contributed by atoms with E-state index >= 15 is 0 Å². The maximum Gasteiger partial charge on any atom is 0.240 e. The lowest BCUT2D eigenvalue weighted by Crippen LogP contribution is -2.26. The third kappa shape index (κ3) is 4.64. The van der Waals surface area contributed by atoms with Crippen LogP contribution in [0.1, 0.15) is 12.0 Å². The van der Waals surface area contributed by atoms with Gasteiger partial charge < -0.3 is 9.72 Å². The number of hydrogen-bond acceptors (Lipinski definition) is 5. The van der Waals surface area contributed by atoms with Crippen molar-refractivity contribution in [2.45, 2.75) is 18.2 Å². The molecular formula is C26H25N5O2S. The molecule has 172 valence electrons. The Morgan fingerprint density at radius 1 is 0.941 bits per heavy atom. The van der Waals surface area contributed by atoms with E-state index in [1.807, 2.05) is 35.9 Å². The fourth-order valence-electron chi connectivity index (χ4n) is 3.83. The van der Waals surface area contributed by atoms with Gasteiger partial charge >= 0.3 is 0 Å². The van der Waals surface area contributed by atoms with Crippen LogP contribution in [0.4, 0.5) is 5.82 Å². The lowest BCUT2D eigenvalue weighted by molar-refractivity contribution is 0.580. The minimum atomic E-state index is -3.51. The molecule has 0 saturated heterocycles. The first kappa shape index (κ1) is 22.1. The summed E-state index contributed by atoms with van der Waals surface area (Å²) >= 11 is 0. The van der Waals surface area contributed by atoms with Crippen molar-refractivity contribution in [3.05, 3.63) is 90.9 Å². The topological polar surface area (TPSA) is 88.4 Å². The molecule has 2 aromatic heterocycles. The van der Waals surface area contributed by atoms with Crippen LogP contribution < -0.4 is 10.0 Å². The van der Waals surface area contributed by atoms with Gasteiger partial charge in [-0.3, -0.25) is 0 Å². The van der Waals surface area contributed by atoms with Crippen LogP contribution in [0.15, 0.2) is 90.2 Å². The van der Waals surface area contributed by atoms with Gasteiger partial charge in [0.2, 0.25) is 10.0 Å². The van der Waals surface area contributed by atoms with Crippen LogP contribution in [0.3, 0.4) is 0 Å². The normalized spacial score (nSPS) is 11.8. The molecule has 0 amide bonds. The first-order valence-electron chi connectivity index (χ1n) is 11.1. The van der Waals surface area contributed by atoms with Crippen LogP contribution in [0.25, 0.3) is 27.7 Å². The molecule has 0 radical (unpaired) electrons. The smallest absolute Gasteiger partial charge is 0.240 e. The van der Waals surface area contributed by atoms with Gasteiger partial charge in [-0.15, -0.1) is 0 Å². The molecule has 2 heterocycles. The van der Waals surface area contributed by atoms with Crippen LogP contribution in [0.2, 0.25) is 0 Å². The van der Waals surface area contributed by atoms with Crippen molar-refractivity contribution >= 4 is 32.3 Å². The second-order valence-electron chi connectivity index (χ2n) is 8.19. The van der Waals surface area contributed by atoms with E-state index < -0.39 is 10.0 Å². The highest BCUT2D eigenvalue weighted by atomic mass is 32.2. The fraction of sp³-hybridized carbons (Fsp3) is 0.154. The van der Waals surface area contributed by atoms with Crippen molar-refractivity contribution in [2.75, 3.05) is 18.4 Å². The van der Waals surface area contributed by atoms with E-state index in [1.54, 1.807) is 30.5 Å². The third-order valence-electron chi connectivity index (χ3n) is 5.69. The molecule has 0 unspecified atom stereocenters. The molecular weight excluding hydrogens is 446 g/mol. The van der Waals surface area contributed by atoms with Crippen LogP contribution in [-0.4, -0.2) is 35.9 Å². The summed E-state index contributed by atoms with van der Waals surface area (Å²) in [5.41, 5.74) is 3.66. The zero-order valence-corrected chi connectivity index (χ0v) is 19.6. The van der Waals surface area contributed by atoms with Crippen molar-refractivity contribution in [1.82, 2.24) is 19.1 Å². The van der Waals surface area contributed by atoms with Crippen LogP contribution in [0.5, 0.6) is 0 Å². The van der Waals surface area contributed by atoms with Gasteiger partial charge in [-0.05, 0) is 42.3 Å². The van der Waals surface area contributed by atoms with Gasteiger partial charge in [-0.2, -0.15) is 0 Å². The summed E-state index contributed by atoms with van der Waals surface area (Å²) in [5, 5.41) is 5.65. The number of aromatic nitrogens is 3. The second-order valence-corrected chi connectivity index (χ2v) is 9.95. The molecule has 5 rings (SSSR count). The van der Waals surface area contributed by atoms with Gasteiger partial charge in [0.1, 0.15) is 0 Å². The Hall–Kier alpha value is -3.75. The van der Waals surface area contributed by atoms with Gasteiger partial charge in [-0.1, -0.05) is 54.1 Å². The number of hydrogen-bond donors (Lipinski definition) is 2. The summed E-state index contributed by atoms with van der Waals surface area (Å²) in [6.07, 6.45) is 6.18. The van der Waals surface area contributed by atoms with Gasteiger partial charge in [-0.25, -0.2) is 23.1 Å². The fourth-order valence-corrected chi connectivity index (χ4v) is 4.91. The predicted molar refractivity (Wildman–Crippen MR) is 135 cm³/mol. The summed E-state index contributed by atoms with van der Waals surface area (Å²) < 4.78 is 29.4. The summed E-state index contributed by atoms with van der Waals surface area (Å²) in [7, 11) is -3.51. The number of nitrogens with one attached hydrogen (secondary N) is 2. The monoisotopic (exact) mass is 471 g/mol. The van der Waals surface area contributed by atoms with Crippen molar-refractivity contribution in [2.24, 2.45) is 0 Å². The molecule has 0 aliphatic heterocycles. The predicted octanol–water partition coefficient (Wildman–Crippen LogP) is 4.64.